The molecule has 0 heterocycles. The number of halogens is 7. The number of hydrogen-bond acceptors (Lipinski definition) is 2. The van der Waals surface area contributed by atoms with Gasteiger partial charge in [0, 0.05) is 23.3 Å². The van der Waals surface area contributed by atoms with Crippen LogP contribution in [0.1, 0.15) is 42.7 Å². The Bertz CT molecular complexity index is 1080. The lowest BCUT2D eigenvalue weighted by Gasteiger charge is -2.26. The van der Waals surface area contributed by atoms with Crippen molar-refractivity contribution in [2.75, 3.05) is 5.32 Å². The summed E-state index contributed by atoms with van der Waals surface area (Å²) in [7, 11) is 0. The van der Waals surface area contributed by atoms with Gasteiger partial charge in [0.05, 0.1) is 29.0 Å². The Labute approximate surface area is 202 Å². The van der Waals surface area contributed by atoms with Crippen molar-refractivity contribution in [2.24, 2.45) is 11.8 Å². The average molecular weight is 524 g/mol. The van der Waals surface area contributed by atoms with Crippen LogP contribution in [0.3, 0.4) is 0 Å². The lowest BCUT2D eigenvalue weighted by atomic mass is 9.85. The van der Waals surface area contributed by atoms with E-state index in [4.69, 9.17) is 28.3 Å². The Balaban J connectivity index is 1.93. The van der Waals surface area contributed by atoms with Crippen molar-refractivity contribution in [3.8, 4) is 0 Å². The van der Waals surface area contributed by atoms with Gasteiger partial charge >= 0.3 is 12.1 Å². The largest absolute Gasteiger partial charge is 0.481 e. The summed E-state index contributed by atoms with van der Waals surface area (Å²) in [5.74, 6) is -11.3. The van der Waals surface area contributed by atoms with Gasteiger partial charge in [0.2, 0.25) is 5.91 Å². The molecule has 0 radical (unpaired) electrons. The standard InChI is InChI=1S/C23H20Cl2F5NO3/c1-11(23(28,29)30)20(12-2-5-14(24)6-3-12)21(34)31-18-8-13(4-7-17(18)25)15(9-19(32)33)16-10-22(16,26)27/h2-8,11,15-16,20H,9-10H2,1H3,(H,31,34)(H,32,33)/t11-,15?,16?,20+/m1/s1. The smallest absolute Gasteiger partial charge is 0.392 e. The summed E-state index contributed by atoms with van der Waals surface area (Å²) in [6, 6.07) is 9.23. The van der Waals surface area contributed by atoms with E-state index >= 15 is 0 Å². The van der Waals surface area contributed by atoms with E-state index in [2.05, 4.69) is 5.32 Å². The van der Waals surface area contributed by atoms with Crippen LogP contribution in [0.4, 0.5) is 27.6 Å². The number of nitrogens with one attached hydrogen (secondary N) is 1. The summed E-state index contributed by atoms with van der Waals surface area (Å²) in [6.45, 7) is 0.870. The number of amides is 1. The summed E-state index contributed by atoms with van der Waals surface area (Å²) in [4.78, 5) is 24.3. The third kappa shape index (κ3) is 5.99. The highest BCUT2D eigenvalue weighted by Crippen LogP contribution is 2.57. The van der Waals surface area contributed by atoms with Gasteiger partial charge in [0.15, 0.2) is 0 Å². The van der Waals surface area contributed by atoms with E-state index in [1.807, 2.05) is 0 Å². The summed E-state index contributed by atoms with van der Waals surface area (Å²) in [6.07, 6.45) is -5.75. The van der Waals surface area contributed by atoms with E-state index in [0.29, 0.717) is 0 Å². The maximum Gasteiger partial charge on any atom is 0.392 e. The molecule has 0 saturated heterocycles. The molecule has 4 nitrogen and oxygen atoms in total. The minimum absolute atomic E-state index is 0.0387. The summed E-state index contributed by atoms with van der Waals surface area (Å²) < 4.78 is 68.0. The van der Waals surface area contributed by atoms with Gasteiger partial charge in [0.25, 0.3) is 5.92 Å². The maximum atomic E-state index is 13.7. The molecule has 34 heavy (non-hydrogen) atoms. The van der Waals surface area contributed by atoms with Crippen molar-refractivity contribution in [1.29, 1.82) is 0 Å². The van der Waals surface area contributed by atoms with Gasteiger partial charge in [-0.2, -0.15) is 13.2 Å². The van der Waals surface area contributed by atoms with E-state index in [1.165, 1.54) is 42.5 Å². The SMILES string of the molecule is C[C@H]([C@H](C(=O)Nc1cc(C(CC(=O)O)C2CC2(F)F)ccc1Cl)c1ccc(Cl)cc1)C(F)(F)F. The Morgan fingerprint density at radius 3 is 2.18 bits per heavy atom. The zero-order valence-corrected chi connectivity index (χ0v) is 19.2. The monoisotopic (exact) mass is 523 g/mol. The first-order valence-corrected chi connectivity index (χ1v) is 11.0. The normalized spacial score (nSPS) is 19.7. The summed E-state index contributed by atoms with van der Waals surface area (Å²) in [5.41, 5.74) is 0.161. The molecule has 0 bridgehead atoms. The fraction of sp³-hybridized carbons (Fsp3) is 0.391. The molecular weight excluding hydrogens is 504 g/mol. The van der Waals surface area contributed by atoms with Crippen LogP contribution in [0.25, 0.3) is 0 Å². The van der Waals surface area contributed by atoms with Crippen molar-refractivity contribution in [2.45, 2.75) is 43.7 Å². The van der Waals surface area contributed by atoms with E-state index in [0.717, 1.165) is 6.92 Å². The molecule has 1 saturated carbocycles. The van der Waals surface area contributed by atoms with Crippen molar-refractivity contribution in [3.05, 3.63) is 63.6 Å². The first-order chi connectivity index (χ1) is 15.7. The Morgan fingerprint density at radius 1 is 1.12 bits per heavy atom. The summed E-state index contributed by atoms with van der Waals surface area (Å²) in [5, 5.41) is 11.8. The highest BCUT2D eigenvalue weighted by Gasteiger charge is 2.60. The van der Waals surface area contributed by atoms with Gasteiger partial charge in [-0.05, 0) is 35.4 Å². The molecule has 1 fully saturated rings. The number of carbonyl (C=O) groups is 2. The highest BCUT2D eigenvalue weighted by molar-refractivity contribution is 6.33. The third-order valence-corrected chi connectivity index (χ3v) is 6.54. The number of carboxylic acids is 1. The number of carboxylic acid groups (broad SMARTS) is 1. The van der Waals surface area contributed by atoms with Gasteiger partial charge in [0.1, 0.15) is 0 Å². The Hall–Kier alpha value is -2.39. The molecule has 2 unspecified atom stereocenters. The second-order valence-corrected chi connectivity index (χ2v) is 9.21. The second-order valence-electron chi connectivity index (χ2n) is 8.36. The number of benzene rings is 2. The van der Waals surface area contributed by atoms with Crippen molar-refractivity contribution >= 4 is 40.8 Å². The lowest BCUT2D eigenvalue weighted by Crippen LogP contribution is -2.34. The quantitative estimate of drug-likeness (QED) is 0.361. The molecule has 2 aromatic rings. The molecule has 1 aliphatic carbocycles. The molecule has 0 aliphatic heterocycles. The number of aliphatic carboxylic acids is 1. The fourth-order valence-corrected chi connectivity index (χ4v) is 4.25. The van der Waals surface area contributed by atoms with Gasteiger partial charge in [-0.1, -0.05) is 48.3 Å². The van der Waals surface area contributed by atoms with Crippen LogP contribution in [0.5, 0.6) is 0 Å². The van der Waals surface area contributed by atoms with Crippen LogP contribution in [-0.4, -0.2) is 29.1 Å². The number of hydrogen-bond donors (Lipinski definition) is 2. The molecule has 1 amide bonds. The van der Waals surface area contributed by atoms with Crippen LogP contribution in [0, 0.1) is 11.8 Å². The van der Waals surface area contributed by atoms with Crippen LogP contribution in [0.15, 0.2) is 42.5 Å². The molecule has 0 spiro atoms. The van der Waals surface area contributed by atoms with E-state index in [9.17, 15) is 31.5 Å². The summed E-state index contributed by atoms with van der Waals surface area (Å²) >= 11 is 11.9. The minimum atomic E-state index is -4.70. The van der Waals surface area contributed by atoms with Gasteiger partial charge in [-0.15, -0.1) is 0 Å². The fourth-order valence-electron chi connectivity index (χ4n) is 3.96. The van der Waals surface area contributed by atoms with E-state index in [-0.39, 0.29) is 26.9 Å². The molecule has 4 atom stereocenters. The van der Waals surface area contributed by atoms with Crippen LogP contribution in [-0.2, 0) is 9.59 Å². The molecular formula is C23H20Cl2F5NO3. The molecule has 1 aliphatic rings. The molecule has 2 aromatic carbocycles. The lowest BCUT2D eigenvalue weighted by molar-refractivity contribution is -0.178. The number of anilines is 1. The van der Waals surface area contributed by atoms with Gasteiger partial charge in [-0.3, -0.25) is 9.59 Å². The molecule has 11 heteroatoms. The van der Waals surface area contributed by atoms with E-state index in [1.54, 1.807) is 0 Å². The first kappa shape index (κ1) is 26.2. The topological polar surface area (TPSA) is 66.4 Å². The average Bonchev–Trinajstić information content (AvgIpc) is 3.36. The third-order valence-electron chi connectivity index (χ3n) is 5.96. The molecule has 184 valence electrons. The van der Waals surface area contributed by atoms with E-state index < -0.39 is 60.5 Å². The second kappa shape index (κ2) is 9.70. The van der Waals surface area contributed by atoms with Crippen molar-refractivity contribution in [3.63, 3.8) is 0 Å². The number of carbonyl (C=O) groups excluding carboxylic acids is 1. The molecule has 2 N–H and O–H groups in total. The predicted octanol–water partition coefficient (Wildman–Crippen LogP) is 7.13. The number of rotatable bonds is 8. The Kier molecular flexibility index (Phi) is 7.48. The van der Waals surface area contributed by atoms with Crippen LogP contribution in [0.2, 0.25) is 10.0 Å². The zero-order chi connectivity index (χ0) is 25.4. The highest BCUT2D eigenvalue weighted by atomic mass is 35.5. The number of alkyl halides is 5. The van der Waals surface area contributed by atoms with Crippen LogP contribution < -0.4 is 5.32 Å². The molecule has 0 aromatic heterocycles. The van der Waals surface area contributed by atoms with Crippen molar-refractivity contribution in [1.82, 2.24) is 0 Å². The first-order valence-electron chi connectivity index (χ1n) is 10.2. The maximum absolute atomic E-state index is 13.7. The zero-order valence-electron chi connectivity index (χ0n) is 17.7. The van der Waals surface area contributed by atoms with Gasteiger partial charge in [-0.25, -0.2) is 8.78 Å². The van der Waals surface area contributed by atoms with Crippen molar-refractivity contribution < 1.29 is 36.6 Å². The predicted molar refractivity (Wildman–Crippen MR) is 118 cm³/mol. The minimum Gasteiger partial charge on any atom is -0.481 e. The van der Waals surface area contributed by atoms with Gasteiger partial charge < -0.3 is 10.4 Å². The van der Waals surface area contributed by atoms with Crippen LogP contribution >= 0.6 is 23.2 Å². The Morgan fingerprint density at radius 2 is 1.68 bits per heavy atom. The molecule has 3 rings (SSSR count).